The molecule has 0 unspecified atom stereocenters. The normalized spacial score (nSPS) is 10.3. The lowest BCUT2D eigenvalue weighted by Gasteiger charge is -2.07. The van der Waals surface area contributed by atoms with Crippen LogP contribution in [0.5, 0.6) is 0 Å². The standard InChI is InChI=1S/C19H20Br2N2O2/c20-16-6-1-4-14(10-16)12-22-18(24)8-3-9-19(25)23-13-15-5-2-7-17(21)11-15/h1-2,4-7,10-11H,3,8-9,12-13H2,(H,22,24)(H,23,25). The van der Waals surface area contributed by atoms with Crippen molar-refractivity contribution >= 4 is 43.7 Å². The summed E-state index contributed by atoms with van der Waals surface area (Å²) in [6.45, 7) is 0.987. The highest BCUT2D eigenvalue weighted by molar-refractivity contribution is 9.10. The molecule has 0 atom stereocenters. The van der Waals surface area contributed by atoms with Crippen LogP contribution in [-0.4, -0.2) is 11.8 Å². The predicted octanol–water partition coefficient (Wildman–Crippen LogP) is 4.31. The molecule has 2 aromatic rings. The van der Waals surface area contributed by atoms with Gasteiger partial charge < -0.3 is 10.6 Å². The predicted molar refractivity (Wildman–Crippen MR) is 106 cm³/mol. The SMILES string of the molecule is O=C(CCCC(=O)NCc1cccc(Br)c1)NCc1cccc(Br)c1. The largest absolute Gasteiger partial charge is 0.352 e. The number of halogens is 2. The minimum Gasteiger partial charge on any atom is -0.352 e. The van der Waals surface area contributed by atoms with E-state index in [1.807, 2.05) is 48.5 Å². The van der Waals surface area contributed by atoms with E-state index in [-0.39, 0.29) is 11.8 Å². The molecular weight excluding hydrogens is 448 g/mol. The van der Waals surface area contributed by atoms with Gasteiger partial charge >= 0.3 is 0 Å². The van der Waals surface area contributed by atoms with E-state index >= 15 is 0 Å². The van der Waals surface area contributed by atoms with Gasteiger partial charge in [-0.1, -0.05) is 56.1 Å². The van der Waals surface area contributed by atoms with Gasteiger partial charge in [0.05, 0.1) is 0 Å². The van der Waals surface area contributed by atoms with E-state index < -0.39 is 0 Å². The van der Waals surface area contributed by atoms with Crippen molar-refractivity contribution in [3.8, 4) is 0 Å². The Hall–Kier alpha value is -1.66. The fourth-order valence-corrected chi connectivity index (χ4v) is 3.17. The first kappa shape index (κ1) is 19.7. The Labute approximate surface area is 164 Å². The number of carbonyl (C=O) groups is 2. The number of hydrogen-bond donors (Lipinski definition) is 2. The van der Waals surface area contributed by atoms with E-state index in [1.165, 1.54) is 0 Å². The van der Waals surface area contributed by atoms with E-state index in [0.717, 1.165) is 20.1 Å². The number of benzene rings is 2. The van der Waals surface area contributed by atoms with E-state index in [1.54, 1.807) is 0 Å². The first-order valence-electron chi connectivity index (χ1n) is 8.05. The van der Waals surface area contributed by atoms with Gasteiger partial charge in [-0.3, -0.25) is 9.59 Å². The molecule has 0 saturated heterocycles. The van der Waals surface area contributed by atoms with Crippen molar-refractivity contribution in [1.82, 2.24) is 10.6 Å². The van der Waals surface area contributed by atoms with Gasteiger partial charge in [-0.05, 0) is 41.8 Å². The van der Waals surface area contributed by atoms with Crippen molar-refractivity contribution in [3.05, 3.63) is 68.6 Å². The van der Waals surface area contributed by atoms with Crippen molar-refractivity contribution in [3.63, 3.8) is 0 Å². The molecule has 2 N–H and O–H groups in total. The second-order valence-electron chi connectivity index (χ2n) is 5.67. The molecule has 132 valence electrons. The zero-order valence-electron chi connectivity index (χ0n) is 13.7. The molecule has 2 rings (SSSR count). The van der Waals surface area contributed by atoms with Crippen LogP contribution in [0.15, 0.2) is 57.5 Å². The van der Waals surface area contributed by atoms with E-state index in [9.17, 15) is 9.59 Å². The Kier molecular flexibility index (Phi) is 8.15. The molecule has 0 fully saturated rings. The van der Waals surface area contributed by atoms with Gasteiger partial charge in [0, 0.05) is 34.9 Å². The Morgan fingerprint density at radius 3 is 1.60 bits per heavy atom. The number of amides is 2. The summed E-state index contributed by atoms with van der Waals surface area (Å²) in [5.41, 5.74) is 2.07. The van der Waals surface area contributed by atoms with Crippen LogP contribution in [0, 0.1) is 0 Å². The van der Waals surface area contributed by atoms with Crippen LogP contribution < -0.4 is 10.6 Å². The Morgan fingerprint density at radius 2 is 1.20 bits per heavy atom. The molecule has 4 nitrogen and oxygen atoms in total. The molecule has 2 aromatic carbocycles. The quantitative estimate of drug-likeness (QED) is 0.607. The summed E-state index contributed by atoms with van der Waals surface area (Å²) in [6, 6.07) is 15.6. The summed E-state index contributed by atoms with van der Waals surface area (Å²) >= 11 is 6.81. The van der Waals surface area contributed by atoms with Gasteiger partial charge in [-0.25, -0.2) is 0 Å². The molecule has 0 aliphatic carbocycles. The van der Waals surface area contributed by atoms with Crippen LogP contribution in [0.2, 0.25) is 0 Å². The van der Waals surface area contributed by atoms with Gasteiger partial charge in [0.1, 0.15) is 0 Å². The van der Waals surface area contributed by atoms with Crippen LogP contribution in [0.25, 0.3) is 0 Å². The van der Waals surface area contributed by atoms with Crippen molar-refractivity contribution in [1.29, 1.82) is 0 Å². The molecule has 0 spiro atoms. The average molecular weight is 468 g/mol. The molecule has 0 radical (unpaired) electrons. The van der Waals surface area contributed by atoms with Crippen molar-refractivity contribution in [2.24, 2.45) is 0 Å². The maximum Gasteiger partial charge on any atom is 0.220 e. The van der Waals surface area contributed by atoms with Crippen molar-refractivity contribution in [2.45, 2.75) is 32.4 Å². The first-order valence-corrected chi connectivity index (χ1v) is 9.64. The lowest BCUT2D eigenvalue weighted by atomic mass is 10.2. The molecule has 0 aliphatic heterocycles. The third kappa shape index (κ3) is 7.84. The molecule has 0 saturated carbocycles. The molecule has 0 bridgehead atoms. The summed E-state index contributed by atoms with van der Waals surface area (Å²) in [6.07, 6.45) is 1.23. The highest BCUT2D eigenvalue weighted by Crippen LogP contribution is 2.12. The van der Waals surface area contributed by atoms with Gasteiger partial charge in [0.15, 0.2) is 0 Å². The molecule has 6 heteroatoms. The summed E-state index contributed by atoms with van der Waals surface area (Å²) in [5, 5.41) is 5.73. The Morgan fingerprint density at radius 1 is 0.760 bits per heavy atom. The summed E-state index contributed by atoms with van der Waals surface area (Å²) in [5.74, 6) is -0.0838. The van der Waals surface area contributed by atoms with E-state index in [2.05, 4.69) is 42.5 Å². The zero-order valence-corrected chi connectivity index (χ0v) is 16.9. The Balaban J connectivity index is 1.61. The molecule has 25 heavy (non-hydrogen) atoms. The average Bonchev–Trinajstić information content (AvgIpc) is 2.58. The zero-order chi connectivity index (χ0) is 18.1. The number of nitrogens with one attached hydrogen (secondary N) is 2. The third-order valence-electron chi connectivity index (χ3n) is 3.57. The summed E-state index contributed by atoms with van der Waals surface area (Å²) in [7, 11) is 0. The smallest absolute Gasteiger partial charge is 0.220 e. The summed E-state index contributed by atoms with van der Waals surface area (Å²) in [4.78, 5) is 23.7. The van der Waals surface area contributed by atoms with Crippen LogP contribution in [-0.2, 0) is 22.7 Å². The van der Waals surface area contributed by atoms with Crippen molar-refractivity contribution < 1.29 is 9.59 Å². The molecular formula is C19H20Br2N2O2. The lowest BCUT2D eigenvalue weighted by molar-refractivity contribution is -0.122. The highest BCUT2D eigenvalue weighted by atomic mass is 79.9. The minimum atomic E-state index is -0.0419. The highest BCUT2D eigenvalue weighted by Gasteiger charge is 2.06. The maximum atomic E-state index is 11.8. The number of rotatable bonds is 8. The van der Waals surface area contributed by atoms with Gasteiger partial charge in [-0.2, -0.15) is 0 Å². The number of carbonyl (C=O) groups excluding carboxylic acids is 2. The fraction of sp³-hybridized carbons (Fsp3) is 0.263. The molecule has 0 aromatic heterocycles. The lowest BCUT2D eigenvalue weighted by Crippen LogP contribution is -2.25. The number of hydrogen-bond acceptors (Lipinski definition) is 2. The van der Waals surface area contributed by atoms with Crippen LogP contribution >= 0.6 is 31.9 Å². The maximum absolute atomic E-state index is 11.8. The summed E-state index contributed by atoms with van der Waals surface area (Å²) < 4.78 is 1.97. The molecule has 0 aliphatic rings. The van der Waals surface area contributed by atoms with Crippen LogP contribution in [0.4, 0.5) is 0 Å². The van der Waals surface area contributed by atoms with E-state index in [0.29, 0.717) is 32.4 Å². The minimum absolute atomic E-state index is 0.0419. The third-order valence-corrected chi connectivity index (χ3v) is 4.55. The second-order valence-corrected chi connectivity index (χ2v) is 7.50. The molecule has 0 heterocycles. The fourth-order valence-electron chi connectivity index (χ4n) is 2.28. The van der Waals surface area contributed by atoms with Crippen LogP contribution in [0.1, 0.15) is 30.4 Å². The van der Waals surface area contributed by atoms with E-state index in [4.69, 9.17) is 0 Å². The van der Waals surface area contributed by atoms with Crippen molar-refractivity contribution in [2.75, 3.05) is 0 Å². The van der Waals surface area contributed by atoms with Gasteiger partial charge in [-0.15, -0.1) is 0 Å². The first-order chi connectivity index (χ1) is 12.0. The van der Waals surface area contributed by atoms with Gasteiger partial charge in [0.2, 0.25) is 11.8 Å². The van der Waals surface area contributed by atoms with Gasteiger partial charge in [0.25, 0.3) is 0 Å². The molecule has 2 amide bonds. The second kappa shape index (κ2) is 10.4. The topological polar surface area (TPSA) is 58.2 Å². The Bertz CT molecular complexity index is 673. The monoisotopic (exact) mass is 466 g/mol. The van der Waals surface area contributed by atoms with Crippen LogP contribution in [0.3, 0.4) is 0 Å².